The summed E-state index contributed by atoms with van der Waals surface area (Å²) in [4.78, 5) is 29.0. The van der Waals surface area contributed by atoms with Crippen LogP contribution in [0.3, 0.4) is 0 Å². The van der Waals surface area contributed by atoms with E-state index in [9.17, 15) is 9.59 Å². The number of amides is 1. The molecule has 1 N–H and O–H groups in total. The van der Waals surface area contributed by atoms with E-state index >= 15 is 0 Å². The molecule has 0 radical (unpaired) electrons. The van der Waals surface area contributed by atoms with Gasteiger partial charge in [-0.3, -0.25) is 4.79 Å². The molecule has 0 unspecified atom stereocenters. The minimum Gasteiger partial charge on any atom is -0.493 e. The summed E-state index contributed by atoms with van der Waals surface area (Å²) in [6.07, 6.45) is 1.92. The van der Waals surface area contributed by atoms with Gasteiger partial charge in [0.05, 0.1) is 19.3 Å². The quantitative estimate of drug-likeness (QED) is 0.500. The first-order valence-corrected chi connectivity index (χ1v) is 8.98. The van der Waals surface area contributed by atoms with E-state index in [4.69, 9.17) is 13.7 Å². The van der Waals surface area contributed by atoms with Gasteiger partial charge in [0, 0.05) is 18.1 Å². The van der Waals surface area contributed by atoms with Crippen molar-refractivity contribution in [1.82, 2.24) is 20.0 Å². The molecule has 0 saturated heterocycles. The third-order valence-corrected chi connectivity index (χ3v) is 4.46. The molecule has 0 aliphatic heterocycles. The molecule has 3 heterocycles. The monoisotopic (exact) mass is 394 g/mol. The summed E-state index contributed by atoms with van der Waals surface area (Å²) in [5.74, 6) is 0.476. The van der Waals surface area contributed by atoms with Crippen molar-refractivity contribution in [3.8, 4) is 17.3 Å². The molecule has 4 rings (SSSR count). The molecule has 9 nitrogen and oxygen atoms in total. The van der Waals surface area contributed by atoms with Gasteiger partial charge in [-0.05, 0) is 31.2 Å². The van der Waals surface area contributed by atoms with Crippen molar-refractivity contribution in [3.63, 3.8) is 0 Å². The number of fused-ring (bicyclic) bond motifs is 1. The molecule has 0 bridgehead atoms. The number of nitrogens with zero attached hydrogens (tertiary/aromatic N) is 3. The minimum atomic E-state index is -0.758. The number of carbonyl (C=O) groups is 1. The molecule has 0 fully saturated rings. The van der Waals surface area contributed by atoms with Crippen molar-refractivity contribution in [3.05, 3.63) is 64.5 Å². The highest BCUT2D eigenvalue weighted by Gasteiger charge is 2.17. The van der Waals surface area contributed by atoms with Crippen LogP contribution in [0, 0.1) is 0 Å². The summed E-state index contributed by atoms with van der Waals surface area (Å²) in [5, 5.41) is 7.12. The van der Waals surface area contributed by atoms with Crippen LogP contribution in [0.5, 0.6) is 5.75 Å². The van der Waals surface area contributed by atoms with Gasteiger partial charge in [-0.2, -0.15) is 4.98 Å². The van der Waals surface area contributed by atoms with Crippen molar-refractivity contribution in [2.75, 3.05) is 7.11 Å². The number of aryl methyl sites for hydroxylation is 1. The average molecular weight is 394 g/mol. The van der Waals surface area contributed by atoms with Crippen molar-refractivity contribution in [2.24, 2.45) is 0 Å². The maximum atomic E-state index is 12.5. The summed E-state index contributed by atoms with van der Waals surface area (Å²) in [6.45, 7) is 2.76. The molecular weight excluding hydrogens is 376 g/mol. The van der Waals surface area contributed by atoms with E-state index in [2.05, 4.69) is 15.5 Å². The van der Waals surface area contributed by atoms with Gasteiger partial charge in [0.15, 0.2) is 11.3 Å². The van der Waals surface area contributed by atoms with E-state index in [1.54, 1.807) is 18.2 Å². The fraction of sp³-hybridized carbons (Fsp3) is 0.200. The summed E-state index contributed by atoms with van der Waals surface area (Å²) in [7, 11) is 1.48. The van der Waals surface area contributed by atoms with E-state index in [0.717, 1.165) is 12.2 Å². The van der Waals surface area contributed by atoms with Crippen molar-refractivity contribution >= 4 is 16.9 Å². The first-order chi connectivity index (χ1) is 14.1. The summed E-state index contributed by atoms with van der Waals surface area (Å²) >= 11 is 0. The Kier molecular flexibility index (Phi) is 4.86. The van der Waals surface area contributed by atoms with Gasteiger partial charge in [-0.15, -0.1) is 0 Å². The molecule has 1 aromatic carbocycles. The maximum Gasteiger partial charge on any atom is 0.349 e. The minimum absolute atomic E-state index is 0.0196. The Labute approximate surface area is 164 Å². The fourth-order valence-electron chi connectivity index (χ4n) is 3.01. The van der Waals surface area contributed by atoms with Crippen molar-refractivity contribution < 1.29 is 18.5 Å². The molecule has 0 aliphatic rings. The van der Waals surface area contributed by atoms with Gasteiger partial charge in [0.1, 0.15) is 5.56 Å². The third kappa shape index (κ3) is 3.49. The van der Waals surface area contributed by atoms with Gasteiger partial charge in [0.2, 0.25) is 11.7 Å². The van der Waals surface area contributed by atoms with Gasteiger partial charge < -0.3 is 23.6 Å². The Balaban J connectivity index is 1.52. The second kappa shape index (κ2) is 7.63. The van der Waals surface area contributed by atoms with Gasteiger partial charge in [0.25, 0.3) is 5.91 Å². The molecule has 0 atom stereocenters. The lowest BCUT2D eigenvalue weighted by atomic mass is 10.1. The Morgan fingerprint density at radius 2 is 2.14 bits per heavy atom. The molecule has 0 aliphatic carbocycles. The van der Waals surface area contributed by atoms with E-state index < -0.39 is 11.5 Å². The lowest BCUT2D eigenvalue weighted by molar-refractivity contribution is 0.0942. The zero-order chi connectivity index (χ0) is 20.4. The van der Waals surface area contributed by atoms with Crippen LogP contribution in [0.25, 0.3) is 22.5 Å². The lowest BCUT2D eigenvalue weighted by Gasteiger charge is -2.05. The number of methoxy groups -OCH3 is 1. The summed E-state index contributed by atoms with van der Waals surface area (Å²) in [6, 6.07) is 10.4. The normalized spacial score (nSPS) is 11.0. The van der Waals surface area contributed by atoms with E-state index in [-0.39, 0.29) is 23.6 Å². The predicted octanol–water partition coefficient (Wildman–Crippen LogP) is 2.60. The first-order valence-electron chi connectivity index (χ1n) is 8.98. The van der Waals surface area contributed by atoms with Crippen LogP contribution in [0.1, 0.15) is 23.2 Å². The Bertz CT molecular complexity index is 1240. The number of hydrogen-bond acceptors (Lipinski definition) is 7. The van der Waals surface area contributed by atoms with Crippen LogP contribution in [-0.2, 0) is 13.1 Å². The summed E-state index contributed by atoms with van der Waals surface area (Å²) < 4.78 is 17.6. The Morgan fingerprint density at radius 3 is 2.93 bits per heavy atom. The predicted molar refractivity (Wildman–Crippen MR) is 104 cm³/mol. The highest BCUT2D eigenvalue weighted by Crippen LogP contribution is 2.24. The molecule has 0 saturated carbocycles. The zero-order valence-corrected chi connectivity index (χ0v) is 15.8. The van der Waals surface area contributed by atoms with Gasteiger partial charge >= 0.3 is 5.63 Å². The van der Waals surface area contributed by atoms with E-state index in [1.807, 2.05) is 29.8 Å². The number of carbonyl (C=O) groups excluding carboxylic acids is 1. The first kappa shape index (κ1) is 18.5. The standard InChI is InChI=1S/C20H18N4O5/c1-3-24-9-5-7-14(24)18-22-16(29-23-18)11-21-19(25)13-10-12-6-4-8-15(27-2)17(12)28-20(13)26/h4-10H,3,11H2,1-2H3,(H,21,25). The lowest BCUT2D eigenvalue weighted by Crippen LogP contribution is -2.28. The number of para-hydroxylation sites is 1. The molecule has 4 aromatic rings. The highest BCUT2D eigenvalue weighted by atomic mass is 16.5. The highest BCUT2D eigenvalue weighted by molar-refractivity contribution is 5.97. The average Bonchev–Trinajstić information content (AvgIpc) is 3.39. The van der Waals surface area contributed by atoms with Gasteiger partial charge in [-0.25, -0.2) is 4.79 Å². The van der Waals surface area contributed by atoms with Crippen LogP contribution in [0.15, 0.2) is 56.3 Å². The third-order valence-electron chi connectivity index (χ3n) is 4.46. The van der Waals surface area contributed by atoms with Crippen molar-refractivity contribution in [2.45, 2.75) is 20.0 Å². The molecular formula is C20H18N4O5. The van der Waals surface area contributed by atoms with Crippen LogP contribution in [0.4, 0.5) is 0 Å². The smallest absolute Gasteiger partial charge is 0.349 e. The molecule has 29 heavy (non-hydrogen) atoms. The van der Waals surface area contributed by atoms with Crippen LogP contribution >= 0.6 is 0 Å². The number of nitrogens with one attached hydrogen (secondary N) is 1. The maximum absolute atomic E-state index is 12.5. The van der Waals surface area contributed by atoms with E-state index in [0.29, 0.717) is 17.0 Å². The van der Waals surface area contributed by atoms with Crippen molar-refractivity contribution in [1.29, 1.82) is 0 Å². The molecule has 3 aromatic heterocycles. The second-order valence-electron chi connectivity index (χ2n) is 6.20. The van der Waals surface area contributed by atoms with Crippen LogP contribution < -0.4 is 15.7 Å². The topological polar surface area (TPSA) is 112 Å². The number of hydrogen-bond donors (Lipinski definition) is 1. The van der Waals surface area contributed by atoms with Crippen LogP contribution in [0.2, 0.25) is 0 Å². The number of rotatable bonds is 6. The Hall–Kier alpha value is -3.88. The largest absolute Gasteiger partial charge is 0.493 e. The van der Waals surface area contributed by atoms with E-state index in [1.165, 1.54) is 13.2 Å². The molecule has 9 heteroatoms. The fourth-order valence-corrected chi connectivity index (χ4v) is 3.01. The number of aromatic nitrogens is 3. The molecule has 148 valence electrons. The second-order valence-corrected chi connectivity index (χ2v) is 6.20. The Morgan fingerprint density at radius 1 is 1.28 bits per heavy atom. The SMILES string of the molecule is CCn1cccc1-c1noc(CNC(=O)c2cc3cccc(OC)c3oc2=O)n1. The summed E-state index contributed by atoms with van der Waals surface area (Å²) in [5.41, 5.74) is 0.229. The van der Waals surface area contributed by atoms with Gasteiger partial charge in [-0.1, -0.05) is 17.3 Å². The zero-order valence-electron chi connectivity index (χ0n) is 15.8. The molecule has 0 spiro atoms. The van der Waals surface area contributed by atoms with Crippen LogP contribution in [-0.4, -0.2) is 27.7 Å². The molecule has 1 amide bonds. The number of ether oxygens (including phenoxy) is 1. The number of benzene rings is 1.